The minimum Gasteiger partial charge on any atom is -0.472 e. The predicted octanol–water partition coefficient (Wildman–Crippen LogP) is 0.663. The van der Waals surface area contributed by atoms with E-state index in [4.69, 9.17) is 10.2 Å². The number of primary amides is 1. The van der Waals surface area contributed by atoms with Gasteiger partial charge in [-0.3, -0.25) is 9.59 Å². The van der Waals surface area contributed by atoms with Crippen molar-refractivity contribution in [2.45, 2.75) is 25.8 Å². The van der Waals surface area contributed by atoms with Crippen LogP contribution in [0.2, 0.25) is 0 Å². The second kappa shape index (κ2) is 4.16. The Balaban J connectivity index is 2.61. The van der Waals surface area contributed by atoms with E-state index < -0.39 is 11.4 Å². The lowest BCUT2D eigenvalue weighted by atomic mass is 10.00. The van der Waals surface area contributed by atoms with Crippen molar-refractivity contribution in [2.75, 3.05) is 0 Å². The lowest BCUT2D eigenvalue weighted by molar-refractivity contribution is -0.119. The van der Waals surface area contributed by atoms with Gasteiger partial charge >= 0.3 is 0 Å². The summed E-state index contributed by atoms with van der Waals surface area (Å²) in [5, 5.41) is 2.69. The number of nitrogens with two attached hydrogens (primary N) is 1. The smallest absolute Gasteiger partial charge is 0.254 e. The van der Waals surface area contributed by atoms with Crippen LogP contribution in [-0.2, 0) is 4.79 Å². The second-order valence-corrected chi connectivity index (χ2v) is 3.99. The summed E-state index contributed by atoms with van der Waals surface area (Å²) >= 11 is 0. The summed E-state index contributed by atoms with van der Waals surface area (Å²) in [4.78, 5) is 22.3. The van der Waals surface area contributed by atoms with E-state index in [0.717, 1.165) is 0 Å². The molecule has 0 unspecified atom stereocenters. The topological polar surface area (TPSA) is 85.3 Å². The summed E-state index contributed by atoms with van der Waals surface area (Å²) in [6.45, 7) is 3.46. The molecule has 0 saturated carbocycles. The van der Waals surface area contributed by atoms with Crippen molar-refractivity contribution in [3.05, 3.63) is 24.2 Å². The number of hydrogen-bond donors (Lipinski definition) is 2. The summed E-state index contributed by atoms with van der Waals surface area (Å²) in [6.07, 6.45) is 2.85. The highest BCUT2D eigenvalue weighted by Crippen LogP contribution is 2.09. The summed E-state index contributed by atoms with van der Waals surface area (Å²) in [5.41, 5.74) is 4.84. The van der Waals surface area contributed by atoms with Crippen LogP contribution in [0, 0.1) is 0 Å². The van der Waals surface area contributed by atoms with Crippen LogP contribution >= 0.6 is 0 Å². The molecular formula is C10H14N2O3. The van der Waals surface area contributed by atoms with E-state index in [1.165, 1.54) is 12.5 Å². The third kappa shape index (κ3) is 3.46. The van der Waals surface area contributed by atoms with Crippen molar-refractivity contribution in [1.29, 1.82) is 0 Å². The van der Waals surface area contributed by atoms with Gasteiger partial charge in [0.15, 0.2) is 0 Å². The van der Waals surface area contributed by atoms with Gasteiger partial charge in [0.1, 0.15) is 6.26 Å². The number of rotatable bonds is 4. The van der Waals surface area contributed by atoms with Crippen molar-refractivity contribution < 1.29 is 14.0 Å². The maximum atomic E-state index is 11.6. The molecule has 1 rings (SSSR count). The number of carbonyl (C=O) groups excluding carboxylic acids is 2. The maximum absolute atomic E-state index is 11.6. The van der Waals surface area contributed by atoms with Crippen molar-refractivity contribution >= 4 is 11.8 Å². The zero-order valence-corrected chi connectivity index (χ0v) is 8.74. The Bertz CT molecular complexity index is 355. The number of hydrogen-bond acceptors (Lipinski definition) is 3. The van der Waals surface area contributed by atoms with Crippen molar-refractivity contribution in [2.24, 2.45) is 5.73 Å². The number of furan rings is 1. The molecule has 0 radical (unpaired) electrons. The number of carbonyl (C=O) groups is 2. The fraction of sp³-hybridized carbons (Fsp3) is 0.400. The van der Waals surface area contributed by atoms with E-state index in [1.54, 1.807) is 19.9 Å². The average molecular weight is 210 g/mol. The zero-order chi connectivity index (χ0) is 11.5. The molecule has 0 aromatic carbocycles. The Kier molecular flexibility index (Phi) is 3.14. The van der Waals surface area contributed by atoms with Gasteiger partial charge in [0, 0.05) is 12.0 Å². The lowest BCUT2D eigenvalue weighted by Gasteiger charge is -2.24. The Morgan fingerprint density at radius 3 is 2.67 bits per heavy atom. The first-order valence-corrected chi connectivity index (χ1v) is 4.54. The molecule has 3 N–H and O–H groups in total. The quantitative estimate of drug-likeness (QED) is 0.765. The van der Waals surface area contributed by atoms with Gasteiger partial charge in [0.2, 0.25) is 5.91 Å². The molecule has 0 spiro atoms. The van der Waals surface area contributed by atoms with Crippen LogP contribution in [-0.4, -0.2) is 17.4 Å². The van der Waals surface area contributed by atoms with Crippen LogP contribution in [0.1, 0.15) is 30.6 Å². The van der Waals surface area contributed by atoms with E-state index >= 15 is 0 Å². The molecule has 5 heteroatoms. The number of amides is 2. The molecule has 0 saturated heterocycles. The van der Waals surface area contributed by atoms with Gasteiger partial charge in [0.25, 0.3) is 5.91 Å². The fourth-order valence-electron chi connectivity index (χ4n) is 1.25. The minimum atomic E-state index is -0.653. The summed E-state index contributed by atoms with van der Waals surface area (Å²) in [6, 6.07) is 1.55. The molecular weight excluding hydrogens is 196 g/mol. The molecule has 0 fully saturated rings. The average Bonchev–Trinajstić information content (AvgIpc) is 2.50. The van der Waals surface area contributed by atoms with E-state index in [-0.39, 0.29) is 12.3 Å². The van der Waals surface area contributed by atoms with E-state index in [1.807, 2.05) is 0 Å². The molecule has 0 atom stereocenters. The van der Waals surface area contributed by atoms with Crippen LogP contribution in [0.3, 0.4) is 0 Å². The van der Waals surface area contributed by atoms with E-state index in [9.17, 15) is 9.59 Å². The Labute approximate surface area is 87.6 Å². The van der Waals surface area contributed by atoms with Gasteiger partial charge in [-0.2, -0.15) is 0 Å². The first kappa shape index (κ1) is 11.3. The van der Waals surface area contributed by atoms with Gasteiger partial charge in [-0.05, 0) is 19.9 Å². The summed E-state index contributed by atoms with van der Waals surface area (Å²) in [7, 11) is 0. The van der Waals surface area contributed by atoms with Crippen LogP contribution in [0.15, 0.2) is 23.0 Å². The highest BCUT2D eigenvalue weighted by Gasteiger charge is 2.23. The van der Waals surface area contributed by atoms with Crippen molar-refractivity contribution in [1.82, 2.24) is 5.32 Å². The van der Waals surface area contributed by atoms with Crippen LogP contribution in [0.5, 0.6) is 0 Å². The van der Waals surface area contributed by atoms with Gasteiger partial charge in [0.05, 0.1) is 11.8 Å². The minimum absolute atomic E-state index is 0.0938. The molecule has 82 valence electrons. The Hall–Kier alpha value is -1.78. The lowest BCUT2D eigenvalue weighted by Crippen LogP contribution is -2.45. The normalized spacial score (nSPS) is 11.1. The van der Waals surface area contributed by atoms with Crippen LogP contribution in [0.4, 0.5) is 0 Å². The summed E-state index contributed by atoms with van der Waals surface area (Å²) < 4.78 is 4.78. The standard InChI is InChI=1S/C10H14N2O3/c1-10(2,5-8(11)13)12-9(14)7-3-4-15-6-7/h3-4,6H,5H2,1-2H3,(H2,11,13)(H,12,14). The van der Waals surface area contributed by atoms with Crippen molar-refractivity contribution in [3.8, 4) is 0 Å². The highest BCUT2D eigenvalue weighted by atomic mass is 16.3. The molecule has 0 aliphatic heterocycles. The molecule has 1 heterocycles. The second-order valence-electron chi connectivity index (χ2n) is 3.99. The predicted molar refractivity (Wildman–Crippen MR) is 54.1 cm³/mol. The SMILES string of the molecule is CC(C)(CC(N)=O)NC(=O)c1ccoc1. The van der Waals surface area contributed by atoms with E-state index in [0.29, 0.717) is 5.56 Å². The Morgan fingerprint density at radius 2 is 2.20 bits per heavy atom. The molecule has 5 nitrogen and oxygen atoms in total. The maximum Gasteiger partial charge on any atom is 0.254 e. The molecule has 2 amide bonds. The van der Waals surface area contributed by atoms with Gasteiger partial charge < -0.3 is 15.5 Å². The summed E-state index contributed by atoms with van der Waals surface area (Å²) in [5.74, 6) is -0.734. The van der Waals surface area contributed by atoms with Crippen LogP contribution in [0.25, 0.3) is 0 Å². The monoisotopic (exact) mass is 210 g/mol. The van der Waals surface area contributed by atoms with Crippen molar-refractivity contribution in [3.63, 3.8) is 0 Å². The molecule has 15 heavy (non-hydrogen) atoms. The first-order chi connectivity index (χ1) is 6.91. The molecule has 1 aromatic heterocycles. The fourth-order valence-corrected chi connectivity index (χ4v) is 1.25. The van der Waals surface area contributed by atoms with Gasteiger partial charge in [-0.1, -0.05) is 0 Å². The Morgan fingerprint density at radius 1 is 1.53 bits per heavy atom. The number of nitrogens with one attached hydrogen (secondary N) is 1. The van der Waals surface area contributed by atoms with Gasteiger partial charge in [-0.25, -0.2) is 0 Å². The largest absolute Gasteiger partial charge is 0.472 e. The third-order valence-electron chi connectivity index (χ3n) is 1.85. The zero-order valence-electron chi connectivity index (χ0n) is 8.74. The molecule has 0 bridgehead atoms. The molecule has 1 aromatic rings. The first-order valence-electron chi connectivity index (χ1n) is 4.54. The molecule has 0 aliphatic rings. The third-order valence-corrected chi connectivity index (χ3v) is 1.85. The van der Waals surface area contributed by atoms with Gasteiger partial charge in [-0.15, -0.1) is 0 Å². The van der Waals surface area contributed by atoms with Crippen LogP contribution < -0.4 is 11.1 Å². The highest BCUT2D eigenvalue weighted by molar-refractivity contribution is 5.94. The van der Waals surface area contributed by atoms with E-state index in [2.05, 4.69) is 5.32 Å². The molecule has 0 aliphatic carbocycles.